The van der Waals surface area contributed by atoms with Gasteiger partial charge in [-0.15, -0.1) is 0 Å². The summed E-state index contributed by atoms with van der Waals surface area (Å²) in [6.45, 7) is 3.84. The molecule has 0 bridgehead atoms. The van der Waals surface area contributed by atoms with Gasteiger partial charge in [0, 0.05) is 11.3 Å². The second-order valence-corrected chi connectivity index (χ2v) is 8.92. The standard InChI is InChI=1S/C28H24F3NO5/c1-15(2)21-13-17(10-11-22(21)37-3)25(34)23-24(16-6-4-9-20(33)12-16)32(27(36)26(23)35)19-8-5-7-18(14-19)28(29,30)31/h4-15,24,33-34H,1-3H3/b25-23-. The highest BCUT2D eigenvalue weighted by molar-refractivity contribution is 6.51. The van der Waals surface area contributed by atoms with Crippen LogP contribution in [0, 0.1) is 0 Å². The molecule has 3 aromatic carbocycles. The number of ether oxygens (including phenoxy) is 1. The quantitative estimate of drug-likeness (QED) is 0.243. The summed E-state index contributed by atoms with van der Waals surface area (Å²) >= 11 is 0. The number of carbonyl (C=O) groups is 2. The topological polar surface area (TPSA) is 87.1 Å². The first-order valence-corrected chi connectivity index (χ1v) is 11.4. The summed E-state index contributed by atoms with van der Waals surface area (Å²) in [5, 5.41) is 21.4. The van der Waals surface area contributed by atoms with Gasteiger partial charge in [0.1, 0.15) is 17.3 Å². The van der Waals surface area contributed by atoms with Gasteiger partial charge in [0.2, 0.25) is 0 Å². The Morgan fingerprint density at radius 3 is 2.32 bits per heavy atom. The zero-order chi connectivity index (χ0) is 27.1. The van der Waals surface area contributed by atoms with Crippen LogP contribution in [0.5, 0.6) is 11.5 Å². The molecule has 37 heavy (non-hydrogen) atoms. The van der Waals surface area contributed by atoms with Gasteiger partial charge in [-0.1, -0.05) is 32.0 Å². The molecule has 0 saturated carbocycles. The Labute approximate surface area is 211 Å². The number of aliphatic hydroxyl groups excluding tert-OH is 1. The first-order chi connectivity index (χ1) is 17.4. The lowest BCUT2D eigenvalue weighted by Gasteiger charge is -2.26. The summed E-state index contributed by atoms with van der Waals surface area (Å²) in [6.07, 6.45) is -4.68. The minimum atomic E-state index is -4.68. The second-order valence-electron chi connectivity index (χ2n) is 8.92. The van der Waals surface area contributed by atoms with Gasteiger partial charge < -0.3 is 14.9 Å². The van der Waals surface area contributed by atoms with Crippen molar-refractivity contribution in [1.82, 2.24) is 0 Å². The molecule has 2 N–H and O–H groups in total. The summed E-state index contributed by atoms with van der Waals surface area (Å²) in [4.78, 5) is 27.4. The first-order valence-electron chi connectivity index (χ1n) is 11.4. The molecule has 1 heterocycles. The number of hydrogen-bond donors (Lipinski definition) is 2. The predicted molar refractivity (Wildman–Crippen MR) is 131 cm³/mol. The minimum absolute atomic E-state index is 0.00270. The fourth-order valence-corrected chi connectivity index (χ4v) is 4.43. The van der Waals surface area contributed by atoms with Gasteiger partial charge in [-0.2, -0.15) is 13.2 Å². The van der Waals surface area contributed by atoms with E-state index in [1.165, 1.54) is 43.5 Å². The van der Waals surface area contributed by atoms with Crippen LogP contribution in [0.4, 0.5) is 18.9 Å². The Balaban J connectivity index is 1.96. The number of methoxy groups -OCH3 is 1. The third kappa shape index (κ3) is 4.76. The summed E-state index contributed by atoms with van der Waals surface area (Å²) in [5.41, 5.74) is -0.284. The highest BCUT2D eigenvalue weighted by Gasteiger charge is 2.47. The molecule has 4 rings (SSSR count). The van der Waals surface area contributed by atoms with Crippen molar-refractivity contribution in [2.24, 2.45) is 0 Å². The molecule has 1 amide bonds. The van der Waals surface area contributed by atoms with Crippen molar-refractivity contribution in [3.8, 4) is 11.5 Å². The van der Waals surface area contributed by atoms with Crippen LogP contribution in [-0.2, 0) is 15.8 Å². The van der Waals surface area contributed by atoms with E-state index in [4.69, 9.17) is 4.74 Å². The number of hydrogen-bond acceptors (Lipinski definition) is 5. The van der Waals surface area contributed by atoms with E-state index in [1.807, 2.05) is 13.8 Å². The lowest BCUT2D eigenvalue weighted by Crippen LogP contribution is -2.29. The van der Waals surface area contributed by atoms with Gasteiger partial charge >= 0.3 is 6.18 Å². The van der Waals surface area contributed by atoms with Crippen molar-refractivity contribution >= 4 is 23.1 Å². The van der Waals surface area contributed by atoms with Crippen LogP contribution in [0.15, 0.2) is 72.3 Å². The average Bonchev–Trinajstić information content (AvgIpc) is 3.13. The van der Waals surface area contributed by atoms with Gasteiger partial charge in [-0.3, -0.25) is 14.5 Å². The molecule has 1 saturated heterocycles. The number of phenolic OH excluding ortho intramolecular Hbond substituents is 1. The van der Waals surface area contributed by atoms with Crippen LogP contribution in [0.25, 0.3) is 5.76 Å². The Morgan fingerprint density at radius 2 is 1.70 bits per heavy atom. The van der Waals surface area contributed by atoms with Crippen molar-refractivity contribution in [1.29, 1.82) is 0 Å². The van der Waals surface area contributed by atoms with Crippen molar-refractivity contribution in [3.63, 3.8) is 0 Å². The zero-order valence-electron chi connectivity index (χ0n) is 20.2. The number of phenols is 1. The molecule has 1 aliphatic rings. The number of rotatable bonds is 5. The third-order valence-corrected chi connectivity index (χ3v) is 6.21. The molecule has 1 aliphatic heterocycles. The number of halogens is 3. The van der Waals surface area contributed by atoms with E-state index >= 15 is 0 Å². The zero-order valence-corrected chi connectivity index (χ0v) is 20.2. The smallest absolute Gasteiger partial charge is 0.416 e. The number of ketones is 1. The molecule has 3 aromatic rings. The fourth-order valence-electron chi connectivity index (χ4n) is 4.43. The highest BCUT2D eigenvalue weighted by atomic mass is 19.4. The van der Waals surface area contributed by atoms with Gasteiger partial charge in [0.25, 0.3) is 11.7 Å². The van der Waals surface area contributed by atoms with Crippen molar-refractivity contribution < 1.29 is 37.7 Å². The number of amides is 1. The molecule has 1 fully saturated rings. The number of carbonyl (C=O) groups excluding carboxylic acids is 2. The molecule has 9 heteroatoms. The van der Waals surface area contributed by atoms with Crippen LogP contribution in [0.2, 0.25) is 0 Å². The normalized spacial score (nSPS) is 17.5. The van der Waals surface area contributed by atoms with E-state index in [9.17, 15) is 33.0 Å². The van der Waals surface area contributed by atoms with E-state index in [0.717, 1.165) is 28.7 Å². The van der Waals surface area contributed by atoms with E-state index in [-0.39, 0.29) is 34.1 Å². The van der Waals surface area contributed by atoms with Crippen LogP contribution >= 0.6 is 0 Å². The van der Waals surface area contributed by atoms with Gasteiger partial charge in [0.05, 0.1) is 24.3 Å². The Morgan fingerprint density at radius 1 is 1.00 bits per heavy atom. The maximum atomic E-state index is 13.4. The summed E-state index contributed by atoms with van der Waals surface area (Å²) in [5.74, 6) is -2.28. The second kappa shape index (κ2) is 9.65. The number of nitrogens with zero attached hydrogens (tertiary/aromatic N) is 1. The van der Waals surface area contributed by atoms with Crippen LogP contribution in [-0.4, -0.2) is 29.0 Å². The average molecular weight is 511 g/mol. The number of Topliss-reactive ketones (excluding diaryl/α,β-unsaturated/α-hetero) is 1. The Kier molecular flexibility index (Phi) is 6.73. The minimum Gasteiger partial charge on any atom is -0.508 e. The summed E-state index contributed by atoms with van der Waals surface area (Å²) in [7, 11) is 1.50. The van der Waals surface area contributed by atoms with E-state index < -0.39 is 35.2 Å². The maximum absolute atomic E-state index is 13.4. The lowest BCUT2D eigenvalue weighted by atomic mass is 9.93. The van der Waals surface area contributed by atoms with Crippen molar-refractivity contribution in [2.75, 3.05) is 12.0 Å². The molecule has 1 unspecified atom stereocenters. The first kappa shape index (κ1) is 25.8. The van der Waals surface area contributed by atoms with E-state index in [2.05, 4.69) is 0 Å². The predicted octanol–water partition coefficient (Wildman–Crippen LogP) is 6.17. The molecule has 0 spiro atoms. The number of aromatic hydroxyl groups is 1. The number of anilines is 1. The lowest BCUT2D eigenvalue weighted by molar-refractivity contribution is -0.137. The molecule has 0 radical (unpaired) electrons. The van der Waals surface area contributed by atoms with Gasteiger partial charge in [0.15, 0.2) is 0 Å². The summed E-state index contributed by atoms with van der Waals surface area (Å²) < 4.78 is 45.7. The molecule has 0 aromatic heterocycles. The highest BCUT2D eigenvalue weighted by Crippen LogP contribution is 2.44. The van der Waals surface area contributed by atoms with Gasteiger partial charge in [-0.05, 0) is 65.6 Å². The van der Waals surface area contributed by atoms with E-state index in [1.54, 1.807) is 12.1 Å². The molecule has 192 valence electrons. The number of alkyl halides is 3. The monoisotopic (exact) mass is 511 g/mol. The molecule has 0 aliphatic carbocycles. The van der Waals surface area contributed by atoms with Crippen molar-refractivity contribution in [2.45, 2.75) is 32.0 Å². The SMILES string of the molecule is COc1ccc(/C(O)=C2/C(=O)C(=O)N(c3cccc(C(F)(F)F)c3)C2c2cccc(O)c2)cc1C(C)C. The molecule has 6 nitrogen and oxygen atoms in total. The Bertz CT molecular complexity index is 1410. The molecular formula is C28H24F3NO5. The third-order valence-electron chi connectivity index (χ3n) is 6.21. The van der Waals surface area contributed by atoms with Gasteiger partial charge in [-0.25, -0.2) is 0 Å². The largest absolute Gasteiger partial charge is 0.508 e. The number of benzene rings is 3. The number of aliphatic hydroxyl groups is 1. The molecule has 1 atom stereocenters. The van der Waals surface area contributed by atoms with Crippen LogP contribution in [0.3, 0.4) is 0 Å². The van der Waals surface area contributed by atoms with Crippen LogP contribution in [0.1, 0.15) is 48.1 Å². The van der Waals surface area contributed by atoms with E-state index in [0.29, 0.717) is 5.75 Å². The fraction of sp³-hybridized carbons (Fsp3) is 0.214. The maximum Gasteiger partial charge on any atom is 0.416 e. The summed E-state index contributed by atoms with van der Waals surface area (Å²) in [6, 6.07) is 13.2. The van der Waals surface area contributed by atoms with Crippen LogP contribution < -0.4 is 9.64 Å². The molecular weight excluding hydrogens is 487 g/mol. The Hall–Kier alpha value is -4.27. The van der Waals surface area contributed by atoms with Crippen molar-refractivity contribution in [3.05, 3.63) is 94.6 Å².